The Morgan fingerprint density at radius 2 is 1.85 bits per heavy atom. The molecule has 0 radical (unpaired) electrons. The van der Waals surface area contributed by atoms with Crippen LogP contribution in [0.2, 0.25) is 0 Å². The normalized spacial score (nSPS) is 11.4. The Morgan fingerprint density at radius 3 is 2.63 bits per heavy atom. The molecule has 0 amide bonds. The molecular weight excluding hydrogens is 338 g/mol. The summed E-state index contributed by atoms with van der Waals surface area (Å²) in [5, 5.41) is 14.4. The summed E-state index contributed by atoms with van der Waals surface area (Å²) in [5.74, 6) is 1.51. The van der Waals surface area contributed by atoms with Crippen molar-refractivity contribution in [2.24, 2.45) is 5.10 Å². The zero-order chi connectivity index (χ0) is 18.9. The van der Waals surface area contributed by atoms with Gasteiger partial charge < -0.3 is 9.64 Å². The standard InChI is InChI=1S/C21H25N5O/c1-3-26(4-2)13-14-27-19-11-9-17(10-12-19)15-22-24-21-20-8-6-5-7-18(20)16-23-25-21/h5-12,15-16H,3-4,13-14H2,1-2H3,(H,24,25). The minimum atomic E-state index is 0.640. The number of anilines is 1. The van der Waals surface area contributed by atoms with Crippen molar-refractivity contribution in [1.29, 1.82) is 0 Å². The van der Waals surface area contributed by atoms with E-state index in [-0.39, 0.29) is 0 Å². The van der Waals surface area contributed by atoms with E-state index in [1.807, 2.05) is 48.5 Å². The van der Waals surface area contributed by atoms with Gasteiger partial charge in [0.1, 0.15) is 12.4 Å². The number of benzene rings is 2. The highest BCUT2D eigenvalue weighted by Gasteiger charge is 2.01. The molecule has 6 heteroatoms. The Kier molecular flexibility index (Phi) is 6.71. The van der Waals surface area contributed by atoms with Crippen molar-refractivity contribution < 1.29 is 4.74 Å². The predicted octanol–water partition coefficient (Wildman–Crippen LogP) is 3.80. The number of nitrogens with one attached hydrogen (secondary N) is 1. The van der Waals surface area contributed by atoms with Gasteiger partial charge in [-0.3, -0.25) is 5.43 Å². The van der Waals surface area contributed by atoms with Gasteiger partial charge in [0.25, 0.3) is 0 Å². The monoisotopic (exact) mass is 363 g/mol. The Balaban J connectivity index is 1.55. The summed E-state index contributed by atoms with van der Waals surface area (Å²) in [6.07, 6.45) is 3.49. The number of ether oxygens (including phenoxy) is 1. The SMILES string of the molecule is CCN(CC)CCOc1ccc(C=NNc2nncc3ccccc23)cc1. The molecule has 1 N–H and O–H groups in total. The first kappa shape index (κ1) is 18.8. The molecule has 0 bridgehead atoms. The van der Waals surface area contributed by atoms with Crippen LogP contribution in [0.5, 0.6) is 5.75 Å². The third kappa shape index (κ3) is 5.24. The molecule has 3 rings (SSSR count). The Bertz CT molecular complexity index is 870. The van der Waals surface area contributed by atoms with E-state index < -0.39 is 0 Å². The molecule has 0 atom stereocenters. The van der Waals surface area contributed by atoms with E-state index in [1.54, 1.807) is 12.4 Å². The van der Waals surface area contributed by atoms with Crippen LogP contribution in [0, 0.1) is 0 Å². The van der Waals surface area contributed by atoms with E-state index in [0.29, 0.717) is 12.4 Å². The van der Waals surface area contributed by atoms with Crippen molar-refractivity contribution in [2.45, 2.75) is 13.8 Å². The maximum absolute atomic E-state index is 5.80. The number of hydrogen-bond donors (Lipinski definition) is 1. The average molecular weight is 363 g/mol. The van der Waals surface area contributed by atoms with Crippen LogP contribution in [0.15, 0.2) is 59.8 Å². The van der Waals surface area contributed by atoms with Crippen LogP contribution in [0.1, 0.15) is 19.4 Å². The van der Waals surface area contributed by atoms with Crippen molar-refractivity contribution in [3.8, 4) is 5.75 Å². The van der Waals surface area contributed by atoms with Crippen molar-refractivity contribution in [3.63, 3.8) is 0 Å². The van der Waals surface area contributed by atoms with Crippen LogP contribution in [0.4, 0.5) is 5.82 Å². The van der Waals surface area contributed by atoms with E-state index in [0.717, 1.165) is 41.7 Å². The predicted molar refractivity (Wildman–Crippen MR) is 110 cm³/mol. The minimum absolute atomic E-state index is 0.640. The highest BCUT2D eigenvalue weighted by atomic mass is 16.5. The van der Waals surface area contributed by atoms with Crippen molar-refractivity contribution in [2.75, 3.05) is 31.7 Å². The van der Waals surface area contributed by atoms with Crippen LogP contribution in [-0.4, -0.2) is 47.6 Å². The van der Waals surface area contributed by atoms with Crippen LogP contribution >= 0.6 is 0 Å². The first-order valence-corrected chi connectivity index (χ1v) is 9.25. The van der Waals surface area contributed by atoms with Gasteiger partial charge in [0.2, 0.25) is 0 Å². The van der Waals surface area contributed by atoms with Gasteiger partial charge in [-0.15, -0.1) is 5.10 Å². The molecule has 0 saturated carbocycles. The zero-order valence-electron chi connectivity index (χ0n) is 15.8. The summed E-state index contributed by atoms with van der Waals surface area (Å²) < 4.78 is 5.80. The highest BCUT2D eigenvalue weighted by Crippen LogP contribution is 2.19. The first-order chi connectivity index (χ1) is 13.3. The average Bonchev–Trinajstić information content (AvgIpc) is 2.72. The molecule has 27 heavy (non-hydrogen) atoms. The van der Waals surface area contributed by atoms with E-state index in [1.165, 1.54) is 0 Å². The van der Waals surface area contributed by atoms with Gasteiger partial charge in [0.15, 0.2) is 5.82 Å². The lowest BCUT2D eigenvalue weighted by atomic mass is 10.2. The van der Waals surface area contributed by atoms with Crippen LogP contribution in [0.3, 0.4) is 0 Å². The molecule has 0 aliphatic carbocycles. The van der Waals surface area contributed by atoms with Gasteiger partial charge in [-0.1, -0.05) is 38.1 Å². The fraction of sp³-hybridized carbons (Fsp3) is 0.286. The fourth-order valence-electron chi connectivity index (χ4n) is 2.76. The van der Waals surface area contributed by atoms with Crippen LogP contribution in [0.25, 0.3) is 10.8 Å². The molecule has 140 valence electrons. The highest BCUT2D eigenvalue weighted by molar-refractivity contribution is 5.91. The number of nitrogens with zero attached hydrogens (tertiary/aromatic N) is 4. The van der Waals surface area contributed by atoms with Gasteiger partial charge in [-0.05, 0) is 42.9 Å². The van der Waals surface area contributed by atoms with Crippen LogP contribution < -0.4 is 10.2 Å². The molecule has 0 unspecified atom stereocenters. The summed E-state index contributed by atoms with van der Waals surface area (Å²) in [4.78, 5) is 2.34. The van der Waals surface area contributed by atoms with Crippen LogP contribution in [-0.2, 0) is 0 Å². The molecule has 3 aromatic rings. The van der Waals surface area contributed by atoms with E-state index in [9.17, 15) is 0 Å². The Hall–Kier alpha value is -2.99. The number of hydrogen-bond acceptors (Lipinski definition) is 6. The van der Waals surface area contributed by atoms with Crippen molar-refractivity contribution >= 4 is 22.8 Å². The molecule has 1 heterocycles. The summed E-state index contributed by atoms with van der Waals surface area (Å²) >= 11 is 0. The smallest absolute Gasteiger partial charge is 0.176 e. The topological polar surface area (TPSA) is 62.6 Å². The van der Waals surface area contributed by atoms with Gasteiger partial charge in [0, 0.05) is 17.3 Å². The van der Waals surface area contributed by atoms with Gasteiger partial charge in [-0.25, -0.2) is 0 Å². The molecule has 0 aliphatic rings. The lowest BCUT2D eigenvalue weighted by Crippen LogP contribution is -2.27. The lowest BCUT2D eigenvalue weighted by Gasteiger charge is -2.17. The van der Waals surface area contributed by atoms with Crippen molar-refractivity contribution in [1.82, 2.24) is 15.1 Å². The molecule has 0 saturated heterocycles. The van der Waals surface area contributed by atoms with Gasteiger partial charge >= 0.3 is 0 Å². The number of aromatic nitrogens is 2. The van der Waals surface area contributed by atoms with Crippen molar-refractivity contribution in [3.05, 3.63) is 60.3 Å². The number of rotatable bonds is 9. The number of likely N-dealkylation sites (N-methyl/N-ethyl adjacent to an activating group) is 1. The molecule has 0 spiro atoms. The minimum Gasteiger partial charge on any atom is -0.492 e. The van der Waals surface area contributed by atoms with E-state index in [4.69, 9.17) is 4.74 Å². The van der Waals surface area contributed by atoms with E-state index >= 15 is 0 Å². The van der Waals surface area contributed by atoms with Gasteiger partial charge in [-0.2, -0.15) is 10.2 Å². The second kappa shape index (κ2) is 9.64. The number of hydrazone groups is 1. The summed E-state index contributed by atoms with van der Waals surface area (Å²) in [6, 6.07) is 15.8. The third-order valence-corrected chi connectivity index (χ3v) is 4.41. The number of fused-ring (bicyclic) bond motifs is 1. The fourth-order valence-corrected chi connectivity index (χ4v) is 2.76. The molecule has 0 fully saturated rings. The Labute approximate surface area is 159 Å². The molecular formula is C21H25N5O. The molecule has 0 aliphatic heterocycles. The largest absolute Gasteiger partial charge is 0.492 e. The maximum atomic E-state index is 5.80. The second-order valence-corrected chi connectivity index (χ2v) is 6.09. The zero-order valence-corrected chi connectivity index (χ0v) is 15.8. The van der Waals surface area contributed by atoms with E-state index in [2.05, 4.69) is 39.5 Å². The lowest BCUT2D eigenvalue weighted by molar-refractivity contribution is 0.223. The molecule has 6 nitrogen and oxygen atoms in total. The maximum Gasteiger partial charge on any atom is 0.176 e. The third-order valence-electron chi connectivity index (χ3n) is 4.41. The van der Waals surface area contributed by atoms with Gasteiger partial charge in [0.05, 0.1) is 12.4 Å². The summed E-state index contributed by atoms with van der Waals surface area (Å²) in [5.41, 5.74) is 3.95. The second-order valence-electron chi connectivity index (χ2n) is 6.09. The quantitative estimate of drug-likeness (QED) is 0.463. The first-order valence-electron chi connectivity index (χ1n) is 9.25. The Morgan fingerprint density at radius 1 is 1.07 bits per heavy atom. The molecule has 1 aromatic heterocycles. The molecule has 2 aromatic carbocycles. The summed E-state index contributed by atoms with van der Waals surface area (Å²) in [6.45, 7) is 8.04. The summed E-state index contributed by atoms with van der Waals surface area (Å²) in [7, 11) is 0.